The van der Waals surface area contributed by atoms with Crippen molar-refractivity contribution < 1.29 is 13.3 Å². The molecule has 2 atom stereocenters. The summed E-state index contributed by atoms with van der Waals surface area (Å²) in [6, 6.07) is 14.0. The van der Waals surface area contributed by atoms with E-state index in [0.717, 1.165) is 16.7 Å². The molecular formula is C22H23FN2O2S. The van der Waals surface area contributed by atoms with E-state index in [-0.39, 0.29) is 5.82 Å². The average molecular weight is 399 g/mol. The molecule has 0 N–H and O–H groups in total. The Morgan fingerprint density at radius 2 is 2.00 bits per heavy atom. The molecule has 1 aliphatic rings. The van der Waals surface area contributed by atoms with Gasteiger partial charge >= 0.3 is 0 Å². The second kappa shape index (κ2) is 7.94. The molecular weight excluding hydrogens is 375 g/mol. The van der Waals surface area contributed by atoms with Crippen LogP contribution in [0.5, 0.6) is 0 Å². The Bertz CT molecular complexity index is 958. The van der Waals surface area contributed by atoms with Crippen molar-refractivity contribution in [1.82, 2.24) is 0 Å². The molecule has 0 spiro atoms. The fourth-order valence-corrected chi connectivity index (χ4v) is 3.87. The zero-order valence-corrected chi connectivity index (χ0v) is 17.1. The van der Waals surface area contributed by atoms with Gasteiger partial charge in [0.25, 0.3) is 0 Å². The number of hydrogen-bond acceptors (Lipinski definition) is 3. The van der Waals surface area contributed by atoms with Gasteiger partial charge in [-0.3, -0.25) is 0 Å². The van der Waals surface area contributed by atoms with E-state index in [1.54, 1.807) is 24.4 Å². The standard InChI is InChI=1S/C22H23FN2O2S/c1-21(2,3)28(26)25-12-4-11-22(18-6-8-19(23)9-7-18)20-10-5-16(14-24)13-17(20)15-27-22/h5-10,12-13H,4,11,15H2,1-3H3. The predicted molar refractivity (Wildman–Crippen MR) is 109 cm³/mol. The number of nitriles is 1. The fraction of sp³-hybridized carbons (Fsp3) is 0.364. The van der Waals surface area contributed by atoms with Gasteiger partial charge in [0.2, 0.25) is 0 Å². The molecule has 3 rings (SSSR count). The molecule has 1 aliphatic heterocycles. The summed E-state index contributed by atoms with van der Waals surface area (Å²) in [5.74, 6) is -0.306. The molecule has 2 unspecified atom stereocenters. The first kappa shape index (κ1) is 20.4. The molecule has 2 aromatic rings. The molecule has 0 aliphatic carbocycles. The van der Waals surface area contributed by atoms with Crippen LogP contribution in [0.15, 0.2) is 46.9 Å². The van der Waals surface area contributed by atoms with Crippen molar-refractivity contribution in [2.24, 2.45) is 4.40 Å². The second-order valence-electron chi connectivity index (χ2n) is 7.79. The number of nitrogens with zero attached hydrogens (tertiary/aromatic N) is 2. The summed E-state index contributed by atoms with van der Waals surface area (Å²) in [7, 11) is -1.31. The van der Waals surface area contributed by atoms with E-state index in [1.807, 2.05) is 32.9 Å². The van der Waals surface area contributed by atoms with Crippen molar-refractivity contribution in [3.8, 4) is 6.07 Å². The molecule has 0 radical (unpaired) electrons. The van der Waals surface area contributed by atoms with E-state index in [4.69, 9.17) is 10.00 Å². The molecule has 0 fully saturated rings. The Morgan fingerprint density at radius 3 is 2.64 bits per heavy atom. The van der Waals surface area contributed by atoms with Crippen LogP contribution in [0.1, 0.15) is 55.9 Å². The van der Waals surface area contributed by atoms with Crippen LogP contribution in [0.25, 0.3) is 0 Å². The lowest BCUT2D eigenvalue weighted by molar-refractivity contribution is -0.01000. The minimum Gasteiger partial charge on any atom is -0.361 e. The third-order valence-electron chi connectivity index (χ3n) is 4.77. The van der Waals surface area contributed by atoms with Crippen molar-refractivity contribution >= 4 is 17.2 Å². The van der Waals surface area contributed by atoms with E-state index in [2.05, 4.69) is 10.5 Å². The Hall–Kier alpha value is -2.36. The van der Waals surface area contributed by atoms with Gasteiger partial charge in [-0.2, -0.15) is 9.66 Å². The maximum atomic E-state index is 13.5. The van der Waals surface area contributed by atoms with Gasteiger partial charge in [0.05, 0.1) is 23.0 Å². The van der Waals surface area contributed by atoms with Crippen molar-refractivity contribution in [2.75, 3.05) is 0 Å². The van der Waals surface area contributed by atoms with Crippen LogP contribution in [0, 0.1) is 17.1 Å². The molecule has 146 valence electrons. The Kier molecular flexibility index (Phi) is 5.78. The smallest absolute Gasteiger partial charge is 0.144 e. The molecule has 4 nitrogen and oxygen atoms in total. The largest absolute Gasteiger partial charge is 0.361 e. The normalized spacial score (nSPS) is 20.1. The molecule has 28 heavy (non-hydrogen) atoms. The summed E-state index contributed by atoms with van der Waals surface area (Å²) in [4.78, 5) is 0. The van der Waals surface area contributed by atoms with Crippen LogP contribution in [-0.2, 0) is 27.9 Å². The highest BCUT2D eigenvalue weighted by molar-refractivity contribution is 7.85. The van der Waals surface area contributed by atoms with Gasteiger partial charge in [-0.05, 0) is 74.6 Å². The first-order valence-corrected chi connectivity index (χ1v) is 10.2. The number of rotatable bonds is 5. The Morgan fingerprint density at radius 1 is 1.29 bits per heavy atom. The highest BCUT2D eigenvalue weighted by atomic mass is 32.2. The third kappa shape index (κ3) is 4.06. The number of hydrogen-bond donors (Lipinski definition) is 0. The quantitative estimate of drug-likeness (QED) is 0.681. The molecule has 0 bridgehead atoms. The predicted octanol–water partition coefficient (Wildman–Crippen LogP) is 4.78. The molecule has 0 saturated carbocycles. The minimum absolute atomic E-state index is 0.306. The third-order valence-corrected chi connectivity index (χ3v) is 6.16. The monoisotopic (exact) mass is 398 g/mol. The van der Waals surface area contributed by atoms with Crippen molar-refractivity contribution in [3.05, 3.63) is 70.5 Å². The van der Waals surface area contributed by atoms with E-state index in [0.29, 0.717) is 25.0 Å². The lowest BCUT2D eigenvalue weighted by atomic mass is 9.82. The zero-order valence-electron chi connectivity index (χ0n) is 16.2. The number of fused-ring (bicyclic) bond motifs is 1. The molecule has 6 heteroatoms. The molecule has 0 aromatic heterocycles. The van der Waals surface area contributed by atoms with Gasteiger partial charge in [-0.15, -0.1) is 0 Å². The maximum Gasteiger partial charge on any atom is 0.144 e. The molecule has 1 heterocycles. The number of halogens is 1. The van der Waals surface area contributed by atoms with Crippen molar-refractivity contribution in [3.63, 3.8) is 0 Å². The fourth-order valence-electron chi connectivity index (χ4n) is 3.31. The Labute approximate surface area is 167 Å². The lowest BCUT2D eigenvalue weighted by Crippen LogP contribution is -2.27. The van der Waals surface area contributed by atoms with Gasteiger partial charge in [-0.1, -0.05) is 18.2 Å². The van der Waals surface area contributed by atoms with Gasteiger partial charge in [0.1, 0.15) is 22.4 Å². The highest BCUT2D eigenvalue weighted by Crippen LogP contribution is 2.45. The summed E-state index contributed by atoms with van der Waals surface area (Å²) in [5, 5.41) is 9.16. The van der Waals surface area contributed by atoms with Gasteiger partial charge in [0.15, 0.2) is 0 Å². The van der Waals surface area contributed by atoms with E-state index >= 15 is 0 Å². The molecule has 0 amide bonds. The van der Waals surface area contributed by atoms with Crippen LogP contribution < -0.4 is 0 Å². The minimum atomic E-state index is -1.31. The number of benzene rings is 2. The van der Waals surface area contributed by atoms with Crippen LogP contribution in [0.2, 0.25) is 0 Å². The van der Waals surface area contributed by atoms with Crippen molar-refractivity contribution in [2.45, 2.75) is 50.6 Å². The first-order chi connectivity index (χ1) is 13.3. The second-order valence-corrected chi connectivity index (χ2v) is 9.73. The van der Waals surface area contributed by atoms with Gasteiger partial charge in [0, 0.05) is 6.21 Å². The lowest BCUT2D eigenvalue weighted by Gasteiger charge is -2.30. The van der Waals surface area contributed by atoms with E-state index in [9.17, 15) is 8.60 Å². The van der Waals surface area contributed by atoms with Crippen LogP contribution in [-0.4, -0.2) is 15.2 Å². The zero-order chi connectivity index (χ0) is 20.4. The molecule has 2 aromatic carbocycles. The van der Waals surface area contributed by atoms with Crippen LogP contribution >= 0.6 is 0 Å². The highest BCUT2D eigenvalue weighted by Gasteiger charge is 2.41. The first-order valence-electron chi connectivity index (χ1n) is 9.14. The average Bonchev–Trinajstić information content (AvgIpc) is 3.03. The van der Waals surface area contributed by atoms with Gasteiger partial charge < -0.3 is 4.74 Å². The topological polar surface area (TPSA) is 62.4 Å². The SMILES string of the molecule is CC(C)(C)S(=O)N=CCCC1(c2ccc(F)cc2)OCc2cc(C#N)ccc21. The van der Waals surface area contributed by atoms with Crippen molar-refractivity contribution in [1.29, 1.82) is 5.26 Å². The summed E-state index contributed by atoms with van der Waals surface area (Å²) in [5.41, 5.74) is 2.62. The molecule has 0 saturated heterocycles. The summed E-state index contributed by atoms with van der Waals surface area (Å²) in [6.07, 6.45) is 2.80. The van der Waals surface area contributed by atoms with E-state index in [1.165, 1.54) is 12.1 Å². The summed E-state index contributed by atoms with van der Waals surface area (Å²) >= 11 is 0. The summed E-state index contributed by atoms with van der Waals surface area (Å²) in [6.45, 7) is 6.02. The van der Waals surface area contributed by atoms with Gasteiger partial charge in [-0.25, -0.2) is 8.60 Å². The van der Waals surface area contributed by atoms with Crippen LogP contribution in [0.4, 0.5) is 4.39 Å². The van der Waals surface area contributed by atoms with Crippen LogP contribution in [0.3, 0.4) is 0 Å². The van der Waals surface area contributed by atoms with E-state index < -0.39 is 21.3 Å². The number of ether oxygens (including phenoxy) is 1. The summed E-state index contributed by atoms with van der Waals surface area (Å²) < 4.78 is 35.6. The Balaban J connectivity index is 1.93. The maximum absolute atomic E-state index is 13.5.